The maximum atomic E-state index is 11.9. The highest BCUT2D eigenvalue weighted by molar-refractivity contribution is 7.89. The molecule has 0 saturated carbocycles. The minimum Gasteiger partial charge on any atom is -0.480 e. The van der Waals surface area contributed by atoms with Crippen molar-refractivity contribution < 1.29 is 18.3 Å². The summed E-state index contributed by atoms with van der Waals surface area (Å²) in [6, 6.07) is 0.201. The van der Waals surface area contributed by atoms with Crippen molar-refractivity contribution in [2.45, 2.75) is 30.8 Å². The highest BCUT2D eigenvalue weighted by atomic mass is 32.2. The van der Waals surface area contributed by atoms with Gasteiger partial charge in [0.15, 0.2) is 5.03 Å². The highest BCUT2D eigenvalue weighted by Gasteiger charge is 2.26. The molecule has 0 aliphatic heterocycles. The lowest BCUT2D eigenvalue weighted by molar-refractivity contribution is -0.139. The Morgan fingerprint density at radius 2 is 2.29 bits per heavy atom. The number of carbonyl (C=O) groups is 1. The van der Waals surface area contributed by atoms with Gasteiger partial charge in [0.05, 0.1) is 6.20 Å². The van der Waals surface area contributed by atoms with Crippen LogP contribution in [0.25, 0.3) is 0 Å². The Kier molecular flexibility index (Phi) is 4.24. The van der Waals surface area contributed by atoms with Crippen LogP contribution in [0.4, 0.5) is 0 Å². The van der Waals surface area contributed by atoms with Crippen LogP contribution in [0.3, 0.4) is 0 Å². The van der Waals surface area contributed by atoms with Crippen LogP contribution in [0.5, 0.6) is 0 Å². The largest absolute Gasteiger partial charge is 0.480 e. The fraction of sp³-hybridized carbons (Fsp3) is 0.556. The van der Waals surface area contributed by atoms with Crippen LogP contribution >= 0.6 is 0 Å². The summed E-state index contributed by atoms with van der Waals surface area (Å²) in [5.74, 6) is -1.18. The number of carboxylic acids is 1. The number of nitrogens with zero attached hydrogens (tertiary/aromatic N) is 2. The molecule has 1 heterocycles. The van der Waals surface area contributed by atoms with Crippen LogP contribution < -0.4 is 4.72 Å². The van der Waals surface area contributed by atoms with E-state index in [2.05, 4.69) is 9.82 Å². The molecule has 0 fully saturated rings. The van der Waals surface area contributed by atoms with Crippen molar-refractivity contribution in [3.05, 3.63) is 12.3 Å². The first-order valence-corrected chi connectivity index (χ1v) is 6.60. The Hall–Kier alpha value is -1.41. The maximum absolute atomic E-state index is 11.9. The number of aliphatic carboxylic acids is 1. The van der Waals surface area contributed by atoms with E-state index in [4.69, 9.17) is 5.11 Å². The van der Waals surface area contributed by atoms with Gasteiger partial charge in [-0.15, -0.1) is 0 Å². The summed E-state index contributed by atoms with van der Waals surface area (Å²) in [5.41, 5.74) is 0. The smallest absolute Gasteiger partial charge is 0.321 e. The summed E-state index contributed by atoms with van der Waals surface area (Å²) in [5, 5.41) is 12.6. The average Bonchev–Trinajstić information content (AvgIpc) is 2.64. The lowest BCUT2D eigenvalue weighted by Crippen LogP contribution is -2.41. The van der Waals surface area contributed by atoms with Crippen molar-refractivity contribution in [3.8, 4) is 0 Å². The van der Waals surface area contributed by atoms with E-state index < -0.39 is 22.0 Å². The molecule has 0 spiro atoms. The Bertz CT molecular complexity index is 494. The molecule has 96 valence electrons. The fourth-order valence-corrected chi connectivity index (χ4v) is 2.74. The van der Waals surface area contributed by atoms with Crippen molar-refractivity contribution in [2.75, 3.05) is 0 Å². The summed E-state index contributed by atoms with van der Waals surface area (Å²) in [4.78, 5) is 10.9. The van der Waals surface area contributed by atoms with E-state index in [1.807, 2.05) is 0 Å². The van der Waals surface area contributed by atoms with E-state index in [0.717, 1.165) is 0 Å². The fourth-order valence-electron chi connectivity index (χ4n) is 1.39. The number of hydrogen-bond acceptors (Lipinski definition) is 4. The topological polar surface area (TPSA) is 101 Å². The zero-order chi connectivity index (χ0) is 13.1. The van der Waals surface area contributed by atoms with Crippen molar-refractivity contribution in [1.82, 2.24) is 14.5 Å². The molecule has 0 bridgehead atoms. The Balaban J connectivity index is 2.93. The molecule has 0 radical (unpaired) electrons. The van der Waals surface area contributed by atoms with E-state index in [9.17, 15) is 13.2 Å². The van der Waals surface area contributed by atoms with Gasteiger partial charge in [0, 0.05) is 7.05 Å². The van der Waals surface area contributed by atoms with Crippen LogP contribution in [-0.2, 0) is 21.9 Å². The van der Waals surface area contributed by atoms with E-state index in [-0.39, 0.29) is 11.4 Å². The number of sulfonamides is 1. The van der Waals surface area contributed by atoms with Gasteiger partial charge in [-0.05, 0) is 12.5 Å². The standard InChI is InChI=1S/C9H15N3O4S/c1-3-4-7(9(13)14)11-17(15,16)8-5-6-10-12(8)2/h5-7,11H,3-4H2,1-2H3,(H,13,14)/t7-/m1/s1. The highest BCUT2D eigenvalue weighted by Crippen LogP contribution is 2.08. The summed E-state index contributed by atoms with van der Waals surface area (Å²) in [6.07, 6.45) is 2.15. The third-order valence-electron chi connectivity index (χ3n) is 2.22. The maximum Gasteiger partial charge on any atom is 0.321 e. The second-order valence-corrected chi connectivity index (χ2v) is 5.25. The van der Waals surface area contributed by atoms with Gasteiger partial charge in [0.2, 0.25) is 0 Å². The van der Waals surface area contributed by atoms with Crippen molar-refractivity contribution in [1.29, 1.82) is 0 Å². The molecule has 0 saturated heterocycles. The van der Waals surface area contributed by atoms with Crippen LogP contribution in [0.2, 0.25) is 0 Å². The quantitative estimate of drug-likeness (QED) is 0.747. The normalized spacial score (nSPS) is 13.5. The minimum absolute atomic E-state index is 0.0557. The SMILES string of the molecule is CCC[C@@H](NS(=O)(=O)c1ccnn1C)C(=O)O. The van der Waals surface area contributed by atoms with E-state index in [1.54, 1.807) is 6.92 Å². The molecule has 0 aliphatic rings. The molecular weight excluding hydrogens is 246 g/mol. The van der Waals surface area contributed by atoms with Crippen molar-refractivity contribution in [2.24, 2.45) is 7.05 Å². The molecule has 0 amide bonds. The molecule has 1 aromatic rings. The van der Waals surface area contributed by atoms with Gasteiger partial charge in [0.25, 0.3) is 10.0 Å². The van der Waals surface area contributed by atoms with Gasteiger partial charge in [-0.1, -0.05) is 13.3 Å². The molecule has 8 heteroatoms. The molecule has 0 unspecified atom stereocenters. The minimum atomic E-state index is -3.84. The van der Waals surface area contributed by atoms with E-state index in [0.29, 0.717) is 6.42 Å². The predicted molar refractivity (Wildman–Crippen MR) is 59.9 cm³/mol. The zero-order valence-electron chi connectivity index (χ0n) is 9.62. The summed E-state index contributed by atoms with van der Waals surface area (Å²) in [6.45, 7) is 1.79. The molecule has 1 rings (SSSR count). The summed E-state index contributed by atoms with van der Waals surface area (Å²) >= 11 is 0. The monoisotopic (exact) mass is 261 g/mol. The molecule has 0 aromatic carbocycles. The zero-order valence-corrected chi connectivity index (χ0v) is 10.4. The van der Waals surface area contributed by atoms with Gasteiger partial charge < -0.3 is 5.11 Å². The second-order valence-electron chi connectivity index (χ2n) is 3.59. The van der Waals surface area contributed by atoms with Crippen molar-refractivity contribution in [3.63, 3.8) is 0 Å². The van der Waals surface area contributed by atoms with Gasteiger partial charge in [-0.25, -0.2) is 8.42 Å². The molecule has 17 heavy (non-hydrogen) atoms. The van der Waals surface area contributed by atoms with Gasteiger partial charge in [0.1, 0.15) is 6.04 Å². The molecule has 1 atom stereocenters. The van der Waals surface area contributed by atoms with Crippen LogP contribution in [-0.4, -0.2) is 35.3 Å². The summed E-state index contributed by atoms with van der Waals surface area (Å²) in [7, 11) is -2.37. The first-order valence-electron chi connectivity index (χ1n) is 5.11. The van der Waals surface area contributed by atoms with Crippen LogP contribution in [0, 0.1) is 0 Å². The molecular formula is C9H15N3O4S. The van der Waals surface area contributed by atoms with Gasteiger partial charge in [-0.3, -0.25) is 9.48 Å². The Morgan fingerprint density at radius 1 is 1.65 bits per heavy atom. The van der Waals surface area contributed by atoms with E-state index in [1.165, 1.54) is 24.0 Å². The van der Waals surface area contributed by atoms with Crippen LogP contribution in [0.1, 0.15) is 19.8 Å². The Morgan fingerprint density at radius 3 is 2.71 bits per heavy atom. The lowest BCUT2D eigenvalue weighted by atomic mass is 10.2. The molecule has 7 nitrogen and oxygen atoms in total. The van der Waals surface area contributed by atoms with Crippen LogP contribution in [0.15, 0.2) is 17.3 Å². The Labute approximate surface area is 99.5 Å². The van der Waals surface area contributed by atoms with E-state index >= 15 is 0 Å². The molecule has 2 N–H and O–H groups in total. The third kappa shape index (κ3) is 3.27. The number of nitrogens with one attached hydrogen (secondary N) is 1. The predicted octanol–water partition coefficient (Wildman–Crippen LogP) is -0.0483. The number of aryl methyl sites for hydroxylation is 1. The van der Waals surface area contributed by atoms with Crippen molar-refractivity contribution >= 4 is 16.0 Å². The number of aromatic nitrogens is 2. The first kappa shape index (κ1) is 13.7. The molecule has 0 aliphatic carbocycles. The summed E-state index contributed by atoms with van der Waals surface area (Å²) < 4.78 is 27.1. The number of rotatable bonds is 6. The second kappa shape index (κ2) is 5.28. The van der Waals surface area contributed by atoms with Gasteiger partial charge in [-0.2, -0.15) is 9.82 Å². The lowest BCUT2D eigenvalue weighted by Gasteiger charge is -2.13. The average molecular weight is 261 g/mol. The first-order chi connectivity index (χ1) is 7.88. The number of hydrogen-bond donors (Lipinski definition) is 2. The number of carboxylic acid groups (broad SMARTS) is 1. The third-order valence-corrected chi connectivity index (χ3v) is 3.77. The van der Waals surface area contributed by atoms with Gasteiger partial charge >= 0.3 is 5.97 Å². The molecule has 1 aromatic heterocycles.